The molecule has 2 aromatic heterocycles. The van der Waals surface area contributed by atoms with E-state index in [1.54, 1.807) is 24.3 Å². The summed E-state index contributed by atoms with van der Waals surface area (Å²) in [4.78, 5) is 16.0. The number of benzene rings is 2. The summed E-state index contributed by atoms with van der Waals surface area (Å²) < 4.78 is 15.8. The molecule has 8 heteroatoms. The van der Waals surface area contributed by atoms with Gasteiger partial charge >= 0.3 is 5.97 Å². The third-order valence-corrected chi connectivity index (χ3v) is 6.80. The van der Waals surface area contributed by atoms with Crippen LogP contribution < -0.4 is 0 Å². The predicted octanol–water partition coefficient (Wildman–Crippen LogP) is 5.07. The monoisotopic (exact) mass is 515 g/mol. The number of aliphatic hydroxyl groups is 2. The zero-order valence-electron chi connectivity index (χ0n) is 21.1. The van der Waals surface area contributed by atoms with Crippen molar-refractivity contribution >= 4 is 23.1 Å². The summed E-state index contributed by atoms with van der Waals surface area (Å²) in [6.07, 6.45) is 2.60. The third kappa shape index (κ3) is 5.66. The number of aromatic nitrogens is 3. The number of nitrogens with zero attached hydrogens (tertiary/aromatic N) is 3. The SMILES string of the molecule is Cc1nn(Cc2ccccc2)c2nc(C3CC3)c(C=CC(O)CC(O)CC(=O)O)c(-c3ccc(F)cc3)c12. The first-order chi connectivity index (χ1) is 18.3. The molecule has 1 fully saturated rings. The van der Waals surface area contributed by atoms with E-state index in [9.17, 15) is 19.4 Å². The molecule has 196 valence electrons. The Bertz CT molecular complexity index is 1480. The number of carboxylic acid groups (broad SMARTS) is 1. The highest BCUT2D eigenvalue weighted by Gasteiger charge is 2.31. The summed E-state index contributed by atoms with van der Waals surface area (Å²) in [5.74, 6) is -1.20. The largest absolute Gasteiger partial charge is 0.481 e. The molecule has 0 spiro atoms. The molecule has 2 heterocycles. The molecule has 1 saturated carbocycles. The van der Waals surface area contributed by atoms with E-state index in [-0.39, 0.29) is 18.2 Å². The Morgan fingerprint density at radius 3 is 2.50 bits per heavy atom. The van der Waals surface area contributed by atoms with Gasteiger partial charge in [-0.05, 0) is 43.0 Å². The number of fused-ring (bicyclic) bond motifs is 1. The van der Waals surface area contributed by atoms with Gasteiger partial charge in [0.05, 0.1) is 41.9 Å². The smallest absolute Gasteiger partial charge is 0.305 e. The number of aryl methyl sites for hydroxylation is 1. The van der Waals surface area contributed by atoms with E-state index >= 15 is 0 Å². The summed E-state index contributed by atoms with van der Waals surface area (Å²) in [6.45, 7) is 2.49. The molecular weight excluding hydrogens is 485 g/mol. The van der Waals surface area contributed by atoms with Crippen LogP contribution in [0.25, 0.3) is 28.2 Å². The van der Waals surface area contributed by atoms with Gasteiger partial charge in [0.15, 0.2) is 5.65 Å². The molecule has 1 aliphatic rings. The molecule has 4 aromatic rings. The lowest BCUT2D eigenvalue weighted by molar-refractivity contribution is -0.139. The number of pyridine rings is 1. The van der Waals surface area contributed by atoms with E-state index in [2.05, 4.69) is 0 Å². The highest BCUT2D eigenvalue weighted by Crippen LogP contribution is 2.46. The van der Waals surface area contributed by atoms with Crippen molar-refractivity contribution in [1.29, 1.82) is 0 Å². The first kappa shape index (κ1) is 25.8. The number of carboxylic acids is 1. The molecule has 38 heavy (non-hydrogen) atoms. The number of aliphatic carboxylic acids is 1. The van der Waals surface area contributed by atoms with Gasteiger partial charge in [0.1, 0.15) is 5.82 Å². The van der Waals surface area contributed by atoms with Gasteiger partial charge in [-0.3, -0.25) is 4.79 Å². The van der Waals surface area contributed by atoms with Crippen LogP contribution in [0.1, 0.15) is 54.1 Å². The van der Waals surface area contributed by atoms with E-state index in [4.69, 9.17) is 15.2 Å². The Balaban J connectivity index is 1.65. The standard InChI is InChI=1S/C30H30FN3O4/c1-18-27-28(20-9-11-22(31)12-10-20)25(14-13-23(35)15-24(36)16-26(37)38)29(21-7-8-21)32-30(27)34(33-18)17-19-5-3-2-4-6-19/h2-6,9-14,21,23-24,35-36H,7-8,15-17H2,1H3,(H,37,38). The highest BCUT2D eigenvalue weighted by molar-refractivity contribution is 6.00. The number of rotatable bonds is 10. The molecule has 2 unspecified atom stereocenters. The molecule has 0 bridgehead atoms. The number of carbonyl (C=O) groups is 1. The average Bonchev–Trinajstić information content (AvgIpc) is 3.67. The fourth-order valence-corrected chi connectivity index (χ4v) is 4.88. The van der Waals surface area contributed by atoms with E-state index < -0.39 is 24.6 Å². The zero-order chi connectivity index (χ0) is 26.8. The second kappa shape index (κ2) is 10.8. The van der Waals surface area contributed by atoms with Crippen LogP contribution in [0.4, 0.5) is 4.39 Å². The molecule has 5 rings (SSSR count). The first-order valence-electron chi connectivity index (χ1n) is 12.8. The van der Waals surface area contributed by atoms with Gasteiger partial charge in [0.25, 0.3) is 0 Å². The minimum atomic E-state index is -1.16. The summed E-state index contributed by atoms with van der Waals surface area (Å²) >= 11 is 0. The second-order valence-corrected chi connectivity index (χ2v) is 9.91. The molecule has 0 saturated heterocycles. The van der Waals surface area contributed by atoms with Crippen molar-refractivity contribution in [3.63, 3.8) is 0 Å². The minimum absolute atomic E-state index is 0.100. The maximum absolute atomic E-state index is 13.9. The van der Waals surface area contributed by atoms with Gasteiger partial charge < -0.3 is 15.3 Å². The Kier molecular flexibility index (Phi) is 7.35. The fourth-order valence-electron chi connectivity index (χ4n) is 4.88. The van der Waals surface area contributed by atoms with Crippen molar-refractivity contribution in [3.8, 4) is 11.1 Å². The van der Waals surface area contributed by atoms with E-state index in [1.807, 2.05) is 41.9 Å². The van der Waals surface area contributed by atoms with Crippen LogP contribution >= 0.6 is 0 Å². The lowest BCUT2D eigenvalue weighted by Gasteiger charge is -2.16. The second-order valence-electron chi connectivity index (χ2n) is 9.91. The summed E-state index contributed by atoms with van der Waals surface area (Å²) in [6, 6.07) is 16.4. The molecule has 0 radical (unpaired) electrons. The Labute approximate surface area is 219 Å². The molecule has 2 aromatic carbocycles. The summed E-state index contributed by atoms with van der Waals surface area (Å²) in [7, 11) is 0. The lowest BCUT2D eigenvalue weighted by atomic mass is 9.92. The van der Waals surface area contributed by atoms with Crippen molar-refractivity contribution in [2.45, 2.75) is 57.3 Å². The molecule has 0 aliphatic heterocycles. The van der Waals surface area contributed by atoms with Gasteiger partial charge in [-0.1, -0.05) is 54.6 Å². The van der Waals surface area contributed by atoms with Crippen molar-refractivity contribution in [2.75, 3.05) is 0 Å². The van der Waals surface area contributed by atoms with Gasteiger partial charge in [-0.2, -0.15) is 5.10 Å². The average molecular weight is 516 g/mol. The normalized spacial score (nSPS) is 15.3. The molecule has 7 nitrogen and oxygen atoms in total. The van der Waals surface area contributed by atoms with Crippen LogP contribution in [0.3, 0.4) is 0 Å². The van der Waals surface area contributed by atoms with E-state index in [0.29, 0.717) is 6.54 Å². The minimum Gasteiger partial charge on any atom is -0.481 e. The number of halogens is 1. The van der Waals surface area contributed by atoms with Gasteiger partial charge in [0.2, 0.25) is 0 Å². The van der Waals surface area contributed by atoms with Crippen LogP contribution in [0.15, 0.2) is 60.7 Å². The molecular formula is C30H30FN3O4. The van der Waals surface area contributed by atoms with Crippen LogP contribution in [-0.2, 0) is 11.3 Å². The van der Waals surface area contributed by atoms with Gasteiger partial charge in [-0.15, -0.1) is 0 Å². The molecule has 1 aliphatic carbocycles. The summed E-state index contributed by atoms with van der Waals surface area (Å²) in [5, 5.41) is 35.1. The lowest BCUT2D eigenvalue weighted by Crippen LogP contribution is -2.19. The van der Waals surface area contributed by atoms with Crippen LogP contribution in [0.2, 0.25) is 0 Å². The molecule has 3 N–H and O–H groups in total. The number of aliphatic hydroxyl groups excluding tert-OH is 2. The highest BCUT2D eigenvalue weighted by atomic mass is 19.1. The van der Waals surface area contributed by atoms with Gasteiger partial charge in [-0.25, -0.2) is 14.1 Å². The predicted molar refractivity (Wildman–Crippen MR) is 143 cm³/mol. The zero-order valence-corrected chi connectivity index (χ0v) is 21.1. The molecule has 2 atom stereocenters. The van der Waals surface area contributed by atoms with Crippen molar-refractivity contribution in [1.82, 2.24) is 14.8 Å². The van der Waals surface area contributed by atoms with E-state index in [1.165, 1.54) is 12.1 Å². The van der Waals surface area contributed by atoms with Crippen LogP contribution in [0.5, 0.6) is 0 Å². The Morgan fingerprint density at radius 1 is 1.13 bits per heavy atom. The quantitative estimate of drug-likeness (QED) is 0.272. The maximum atomic E-state index is 13.9. The Hall–Kier alpha value is -3.88. The van der Waals surface area contributed by atoms with Crippen LogP contribution in [0, 0.1) is 12.7 Å². The van der Waals surface area contributed by atoms with Crippen LogP contribution in [-0.4, -0.2) is 48.3 Å². The Morgan fingerprint density at radius 2 is 1.84 bits per heavy atom. The van der Waals surface area contributed by atoms with E-state index in [0.717, 1.165) is 57.5 Å². The number of hydrogen-bond acceptors (Lipinski definition) is 5. The van der Waals surface area contributed by atoms with Crippen molar-refractivity contribution in [2.24, 2.45) is 0 Å². The maximum Gasteiger partial charge on any atom is 0.305 e. The summed E-state index contributed by atoms with van der Waals surface area (Å²) in [5.41, 5.74) is 6.02. The van der Waals surface area contributed by atoms with Crippen molar-refractivity contribution < 1.29 is 24.5 Å². The fraction of sp³-hybridized carbons (Fsp3) is 0.300. The van der Waals surface area contributed by atoms with Crippen molar-refractivity contribution in [3.05, 3.63) is 89.0 Å². The molecule has 0 amide bonds. The first-order valence-corrected chi connectivity index (χ1v) is 12.8. The topological polar surface area (TPSA) is 108 Å². The number of hydrogen-bond donors (Lipinski definition) is 3. The third-order valence-electron chi connectivity index (χ3n) is 6.80. The van der Waals surface area contributed by atoms with Gasteiger partial charge in [0, 0.05) is 23.5 Å².